The molecular formula is C16H18Br2N2O2. The molecular weight excluding hydrogens is 412 g/mol. The zero-order chi connectivity index (χ0) is 16.1. The number of ether oxygens (including phenoxy) is 1. The maximum Gasteiger partial charge on any atom is 0.308 e. The highest BCUT2D eigenvalue weighted by Gasteiger charge is 2.13. The van der Waals surface area contributed by atoms with Gasteiger partial charge in [-0.25, -0.2) is 4.98 Å². The van der Waals surface area contributed by atoms with Crippen LogP contribution in [0.15, 0.2) is 33.5 Å². The highest BCUT2D eigenvalue weighted by Crippen LogP contribution is 2.26. The van der Waals surface area contributed by atoms with Gasteiger partial charge in [0.25, 0.3) is 0 Å². The van der Waals surface area contributed by atoms with Crippen LogP contribution in [0.3, 0.4) is 0 Å². The molecule has 1 heterocycles. The van der Waals surface area contributed by atoms with E-state index < -0.39 is 0 Å². The van der Waals surface area contributed by atoms with E-state index in [1.807, 2.05) is 24.3 Å². The zero-order valence-electron chi connectivity index (χ0n) is 12.6. The molecule has 0 amide bonds. The number of halogens is 2. The van der Waals surface area contributed by atoms with E-state index in [9.17, 15) is 4.79 Å². The lowest BCUT2D eigenvalue weighted by Gasteiger charge is -2.10. The first kappa shape index (κ1) is 17.2. The van der Waals surface area contributed by atoms with Gasteiger partial charge in [0.2, 0.25) is 0 Å². The van der Waals surface area contributed by atoms with Crippen LogP contribution in [0.4, 0.5) is 0 Å². The molecule has 0 aliphatic heterocycles. The fraction of sp³-hybridized carbons (Fsp3) is 0.375. The summed E-state index contributed by atoms with van der Waals surface area (Å²) < 4.78 is 8.98. The van der Waals surface area contributed by atoms with Crippen molar-refractivity contribution in [1.29, 1.82) is 0 Å². The Morgan fingerprint density at radius 1 is 1.27 bits per heavy atom. The molecule has 22 heavy (non-hydrogen) atoms. The third-order valence-electron chi connectivity index (χ3n) is 3.23. The van der Waals surface area contributed by atoms with E-state index in [0.717, 1.165) is 46.4 Å². The van der Waals surface area contributed by atoms with Crippen LogP contribution in [0, 0.1) is 0 Å². The Balaban J connectivity index is 2.17. The number of carbonyl (C=O) groups is 1. The van der Waals surface area contributed by atoms with Gasteiger partial charge in [-0.05, 0) is 56.0 Å². The van der Waals surface area contributed by atoms with Gasteiger partial charge in [-0.3, -0.25) is 4.79 Å². The normalized spacial score (nSPS) is 10.7. The van der Waals surface area contributed by atoms with Gasteiger partial charge in [0.1, 0.15) is 20.8 Å². The van der Waals surface area contributed by atoms with Crippen molar-refractivity contribution in [3.63, 3.8) is 0 Å². The number of rotatable bonds is 6. The third-order valence-corrected chi connectivity index (χ3v) is 5.11. The molecule has 6 heteroatoms. The molecule has 1 aromatic heterocycles. The molecule has 2 rings (SSSR count). The van der Waals surface area contributed by atoms with E-state index in [4.69, 9.17) is 4.74 Å². The van der Waals surface area contributed by atoms with Gasteiger partial charge in [0.15, 0.2) is 0 Å². The molecule has 0 bridgehead atoms. The first-order valence-corrected chi connectivity index (χ1v) is 8.77. The number of hydrogen-bond acceptors (Lipinski definition) is 3. The summed E-state index contributed by atoms with van der Waals surface area (Å²) in [6, 6.07) is 7.54. The molecule has 0 saturated heterocycles. The zero-order valence-corrected chi connectivity index (χ0v) is 15.8. The number of benzene rings is 1. The number of imidazole rings is 1. The van der Waals surface area contributed by atoms with Crippen molar-refractivity contribution in [1.82, 2.24) is 9.55 Å². The predicted octanol–water partition coefficient (Wildman–Crippen LogP) is 4.72. The molecule has 2 aromatic rings. The topological polar surface area (TPSA) is 44.1 Å². The van der Waals surface area contributed by atoms with Crippen LogP contribution in [0.2, 0.25) is 0 Å². The van der Waals surface area contributed by atoms with E-state index in [0.29, 0.717) is 5.75 Å². The van der Waals surface area contributed by atoms with E-state index in [-0.39, 0.29) is 5.97 Å². The van der Waals surface area contributed by atoms with Gasteiger partial charge >= 0.3 is 5.97 Å². The van der Waals surface area contributed by atoms with Crippen molar-refractivity contribution in [3.8, 4) is 5.75 Å². The van der Waals surface area contributed by atoms with E-state index >= 15 is 0 Å². The fourth-order valence-electron chi connectivity index (χ4n) is 2.14. The number of nitrogens with zero attached hydrogens (tertiary/aromatic N) is 2. The maximum atomic E-state index is 10.9. The minimum atomic E-state index is -0.309. The lowest BCUT2D eigenvalue weighted by molar-refractivity contribution is -0.131. The van der Waals surface area contributed by atoms with Crippen LogP contribution < -0.4 is 4.74 Å². The second-order valence-corrected chi connectivity index (χ2v) is 6.54. The van der Waals surface area contributed by atoms with Crippen LogP contribution in [0.1, 0.15) is 38.1 Å². The number of aryl methyl sites for hydroxylation is 1. The minimum Gasteiger partial charge on any atom is -0.427 e. The lowest BCUT2D eigenvalue weighted by Crippen LogP contribution is -2.06. The molecule has 0 atom stereocenters. The Labute approximate surface area is 147 Å². The molecule has 0 radical (unpaired) electrons. The number of esters is 1. The molecule has 0 aliphatic carbocycles. The van der Waals surface area contributed by atoms with Crippen molar-refractivity contribution in [2.24, 2.45) is 0 Å². The van der Waals surface area contributed by atoms with Crippen molar-refractivity contribution in [2.75, 3.05) is 0 Å². The number of unbranched alkanes of at least 4 members (excludes halogenated alkanes) is 1. The maximum absolute atomic E-state index is 10.9. The highest BCUT2D eigenvalue weighted by atomic mass is 79.9. The van der Waals surface area contributed by atoms with Gasteiger partial charge in [0, 0.05) is 19.9 Å². The highest BCUT2D eigenvalue weighted by molar-refractivity contribution is 9.13. The molecule has 0 N–H and O–H groups in total. The van der Waals surface area contributed by atoms with Gasteiger partial charge in [-0.15, -0.1) is 0 Å². The summed E-state index contributed by atoms with van der Waals surface area (Å²) in [7, 11) is 0. The van der Waals surface area contributed by atoms with Crippen LogP contribution in [0.25, 0.3) is 0 Å². The fourth-order valence-corrected chi connectivity index (χ4v) is 2.98. The summed E-state index contributed by atoms with van der Waals surface area (Å²) in [5.41, 5.74) is 1.12. The van der Waals surface area contributed by atoms with Crippen LogP contribution in [-0.2, 0) is 17.8 Å². The molecule has 118 valence electrons. The van der Waals surface area contributed by atoms with Crippen molar-refractivity contribution >= 4 is 37.8 Å². The Morgan fingerprint density at radius 2 is 1.95 bits per heavy atom. The van der Waals surface area contributed by atoms with Gasteiger partial charge in [0.05, 0.1) is 0 Å². The molecule has 0 spiro atoms. The number of carbonyl (C=O) groups excluding carboxylic acids is 1. The molecule has 0 fully saturated rings. The minimum absolute atomic E-state index is 0.309. The van der Waals surface area contributed by atoms with Crippen molar-refractivity contribution in [3.05, 3.63) is 44.9 Å². The second-order valence-electron chi connectivity index (χ2n) is 5.04. The number of aromatic nitrogens is 2. The molecule has 0 saturated carbocycles. The monoisotopic (exact) mass is 428 g/mol. The molecule has 1 aromatic carbocycles. The van der Waals surface area contributed by atoms with E-state index in [2.05, 4.69) is 48.3 Å². The van der Waals surface area contributed by atoms with Gasteiger partial charge < -0.3 is 9.30 Å². The smallest absolute Gasteiger partial charge is 0.308 e. The third kappa shape index (κ3) is 4.43. The molecule has 4 nitrogen and oxygen atoms in total. The van der Waals surface area contributed by atoms with Crippen LogP contribution >= 0.6 is 31.9 Å². The summed E-state index contributed by atoms with van der Waals surface area (Å²) in [5, 5.41) is 0. The van der Waals surface area contributed by atoms with E-state index in [1.54, 1.807) is 0 Å². The predicted molar refractivity (Wildman–Crippen MR) is 93.1 cm³/mol. The summed E-state index contributed by atoms with van der Waals surface area (Å²) in [5.74, 6) is 1.31. The lowest BCUT2D eigenvalue weighted by atomic mass is 10.2. The Kier molecular flexibility index (Phi) is 6.20. The summed E-state index contributed by atoms with van der Waals surface area (Å²) in [4.78, 5) is 15.5. The summed E-state index contributed by atoms with van der Waals surface area (Å²) in [6.07, 6.45) is 3.20. The Hall–Kier alpha value is -1.14. The number of hydrogen-bond donors (Lipinski definition) is 0. The van der Waals surface area contributed by atoms with Crippen LogP contribution in [0.5, 0.6) is 5.75 Å². The van der Waals surface area contributed by atoms with Crippen LogP contribution in [-0.4, -0.2) is 15.5 Å². The largest absolute Gasteiger partial charge is 0.427 e. The quantitative estimate of drug-likeness (QED) is 0.492. The van der Waals surface area contributed by atoms with E-state index in [1.165, 1.54) is 6.92 Å². The van der Waals surface area contributed by atoms with Gasteiger partial charge in [-0.1, -0.05) is 25.5 Å². The average molecular weight is 430 g/mol. The first-order chi connectivity index (χ1) is 10.5. The Morgan fingerprint density at radius 3 is 2.55 bits per heavy atom. The molecule has 0 aliphatic rings. The SMILES string of the molecule is CCCCc1nc(Br)c(Br)n1Cc1ccc(OC(C)=O)cc1. The average Bonchev–Trinajstić information content (AvgIpc) is 2.74. The Bertz CT molecular complexity index is 651. The second kappa shape index (κ2) is 7.92. The molecule has 0 unspecified atom stereocenters. The summed E-state index contributed by atoms with van der Waals surface area (Å²) in [6.45, 7) is 4.29. The standard InChI is InChI=1S/C16H18Br2N2O2/c1-3-4-5-14-19-15(17)16(18)20(14)10-12-6-8-13(9-7-12)22-11(2)21/h6-9H,3-5,10H2,1-2H3. The van der Waals surface area contributed by atoms with Crippen molar-refractivity contribution in [2.45, 2.75) is 39.7 Å². The first-order valence-electron chi connectivity index (χ1n) is 7.19. The van der Waals surface area contributed by atoms with Crippen molar-refractivity contribution < 1.29 is 9.53 Å². The van der Waals surface area contributed by atoms with Gasteiger partial charge in [-0.2, -0.15) is 0 Å². The summed E-state index contributed by atoms with van der Waals surface area (Å²) >= 11 is 7.06.